The van der Waals surface area contributed by atoms with Gasteiger partial charge >= 0.3 is 5.76 Å². The summed E-state index contributed by atoms with van der Waals surface area (Å²) in [6, 6.07) is 15.3. The molecule has 2 nitrogen and oxygen atoms in total. The Balaban J connectivity index is 2.14. The Morgan fingerprint density at radius 3 is 2.05 bits per heavy atom. The molecule has 6 heteroatoms. The van der Waals surface area contributed by atoms with Gasteiger partial charge in [0.2, 0.25) is 9.84 Å². The fourth-order valence-electron chi connectivity index (χ4n) is 1.90. The van der Waals surface area contributed by atoms with Gasteiger partial charge in [0.1, 0.15) is 0 Å². The number of hydrogen-bond donors (Lipinski definition) is 0. The molecule has 0 aliphatic heterocycles. The fourth-order valence-corrected chi connectivity index (χ4v) is 3.30. The second-order valence-electron chi connectivity index (χ2n) is 4.53. The third-order valence-corrected chi connectivity index (χ3v) is 5.31. The smallest absolute Gasteiger partial charge is 0.218 e. The number of benzene rings is 2. The van der Waals surface area contributed by atoms with Gasteiger partial charge in [-0.25, -0.2) is 8.42 Å². The highest BCUT2D eigenvalue weighted by Crippen LogP contribution is 2.27. The van der Waals surface area contributed by atoms with Crippen LogP contribution in [0.5, 0.6) is 0 Å². The zero-order valence-electron chi connectivity index (χ0n) is 10.9. The lowest BCUT2D eigenvalue weighted by atomic mass is 10.0. The van der Waals surface area contributed by atoms with Crippen LogP contribution < -0.4 is 0 Å². The van der Waals surface area contributed by atoms with Gasteiger partial charge < -0.3 is 0 Å². The molecule has 0 heterocycles. The SMILES string of the molecule is O=S(=O)(c1ccc(CC(Br)c2ccccc2)cc1)C(F)F. The molecule has 21 heavy (non-hydrogen) atoms. The van der Waals surface area contributed by atoms with E-state index in [4.69, 9.17) is 0 Å². The molecular formula is C15H13BrF2O2S. The predicted molar refractivity (Wildman–Crippen MR) is 81.4 cm³/mol. The lowest BCUT2D eigenvalue weighted by Crippen LogP contribution is -2.11. The molecule has 0 aliphatic carbocycles. The van der Waals surface area contributed by atoms with Gasteiger partial charge in [-0.1, -0.05) is 58.4 Å². The van der Waals surface area contributed by atoms with E-state index >= 15 is 0 Å². The Kier molecular flexibility index (Phi) is 5.11. The van der Waals surface area contributed by atoms with Crippen molar-refractivity contribution < 1.29 is 17.2 Å². The molecular weight excluding hydrogens is 362 g/mol. The van der Waals surface area contributed by atoms with Crippen LogP contribution in [0.15, 0.2) is 59.5 Å². The molecule has 0 amide bonds. The Hall–Kier alpha value is -1.27. The summed E-state index contributed by atoms with van der Waals surface area (Å²) in [5.74, 6) is -3.39. The Labute approximate surface area is 130 Å². The zero-order valence-corrected chi connectivity index (χ0v) is 13.3. The maximum atomic E-state index is 12.4. The van der Waals surface area contributed by atoms with Crippen LogP contribution in [0.4, 0.5) is 8.78 Å². The molecule has 0 aliphatic rings. The fraction of sp³-hybridized carbons (Fsp3) is 0.200. The molecule has 0 N–H and O–H groups in total. The molecule has 0 bridgehead atoms. The Morgan fingerprint density at radius 2 is 1.52 bits per heavy atom. The first-order chi connectivity index (χ1) is 9.91. The zero-order chi connectivity index (χ0) is 15.5. The van der Waals surface area contributed by atoms with Crippen molar-refractivity contribution in [2.45, 2.75) is 21.9 Å². The number of alkyl halides is 3. The number of sulfone groups is 1. The Morgan fingerprint density at radius 1 is 0.952 bits per heavy atom. The van der Waals surface area contributed by atoms with Crippen molar-refractivity contribution in [2.75, 3.05) is 0 Å². The van der Waals surface area contributed by atoms with E-state index in [9.17, 15) is 17.2 Å². The predicted octanol–water partition coefficient (Wildman–Crippen LogP) is 4.36. The summed E-state index contributed by atoms with van der Waals surface area (Å²) in [5.41, 5.74) is 1.97. The number of hydrogen-bond acceptors (Lipinski definition) is 2. The summed E-state index contributed by atoms with van der Waals surface area (Å²) in [5, 5.41) is 0. The minimum atomic E-state index is -4.52. The standard InChI is InChI=1S/C15H13BrF2O2S/c16-14(12-4-2-1-3-5-12)10-11-6-8-13(9-7-11)21(19,20)15(17)18/h1-9,14-15H,10H2. The third kappa shape index (κ3) is 3.89. The van der Waals surface area contributed by atoms with E-state index in [-0.39, 0.29) is 9.72 Å². The second-order valence-corrected chi connectivity index (χ2v) is 7.56. The molecule has 0 saturated carbocycles. The molecule has 0 fully saturated rings. The van der Waals surface area contributed by atoms with E-state index < -0.39 is 15.6 Å². The topological polar surface area (TPSA) is 34.1 Å². The van der Waals surface area contributed by atoms with Gasteiger partial charge in [0.05, 0.1) is 4.90 Å². The van der Waals surface area contributed by atoms with Crippen LogP contribution in [0, 0.1) is 0 Å². The van der Waals surface area contributed by atoms with E-state index in [1.165, 1.54) is 12.1 Å². The van der Waals surface area contributed by atoms with E-state index in [0.717, 1.165) is 11.1 Å². The summed E-state index contributed by atoms with van der Waals surface area (Å²) >= 11 is 3.57. The largest absolute Gasteiger partial charge is 0.341 e. The van der Waals surface area contributed by atoms with E-state index in [0.29, 0.717) is 6.42 Å². The number of rotatable bonds is 5. The van der Waals surface area contributed by atoms with Crippen molar-refractivity contribution in [2.24, 2.45) is 0 Å². The maximum Gasteiger partial charge on any atom is 0.341 e. The van der Waals surface area contributed by atoms with Gasteiger partial charge in [-0.05, 0) is 29.7 Å². The van der Waals surface area contributed by atoms with Crippen LogP contribution in [0.25, 0.3) is 0 Å². The quantitative estimate of drug-likeness (QED) is 0.728. The molecule has 0 saturated heterocycles. The van der Waals surface area contributed by atoms with Crippen LogP contribution in [-0.2, 0) is 16.3 Å². The molecule has 0 spiro atoms. The highest BCUT2D eigenvalue weighted by Gasteiger charge is 2.26. The normalized spacial score (nSPS) is 13.3. The minimum Gasteiger partial charge on any atom is -0.218 e. The van der Waals surface area contributed by atoms with E-state index in [1.54, 1.807) is 12.1 Å². The first-order valence-corrected chi connectivity index (χ1v) is 8.67. The molecule has 112 valence electrons. The van der Waals surface area contributed by atoms with Crippen LogP contribution in [0.2, 0.25) is 0 Å². The average Bonchev–Trinajstić information content (AvgIpc) is 2.48. The summed E-state index contributed by atoms with van der Waals surface area (Å²) in [6.45, 7) is 0. The molecule has 1 unspecified atom stereocenters. The first kappa shape index (κ1) is 16.1. The molecule has 2 aromatic rings. The van der Waals surface area contributed by atoms with E-state index in [2.05, 4.69) is 15.9 Å². The van der Waals surface area contributed by atoms with Crippen molar-refractivity contribution in [3.05, 3.63) is 65.7 Å². The van der Waals surface area contributed by atoms with Gasteiger partial charge in [-0.3, -0.25) is 0 Å². The van der Waals surface area contributed by atoms with Crippen molar-refractivity contribution in [3.8, 4) is 0 Å². The van der Waals surface area contributed by atoms with Crippen LogP contribution in [-0.4, -0.2) is 14.2 Å². The highest BCUT2D eigenvalue weighted by molar-refractivity contribution is 9.09. The molecule has 0 radical (unpaired) electrons. The van der Waals surface area contributed by atoms with Gasteiger partial charge in [-0.2, -0.15) is 8.78 Å². The van der Waals surface area contributed by atoms with Crippen LogP contribution in [0.1, 0.15) is 16.0 Å². The molecule has 2 aromatic carbocycles. The van der Waals surface area contributed by atoms with Crippen molar-refractivity contribution in [1.82, 2.24) is 0 Å². The van der Waals surface area contributed by atoms with Gasteiger partial charge in [0, 0.05) is 4.83 Å². The molecule has 2 rings (SSSR count). The molecule has 1 atom stereocenters. The summed E-state index contributed by atoms with van der Waals surface area (Å²) in [6.07, 6.45) is 0.638. The first-order valence-electron chi connectivity index (χ1n) is 6.21. The minimum absolute atomic E-state index is 0.0799. The molecule has 0 aromatic heterocycles. The summed E-state index contributed by atoms with van der Waals surface area (Å²) in [4.78, 5) is -0.275. The maximum absolute atomic E-state index is 12.4. The van der Waals surface area contributed by atoms with Crippen molar-refractivity contribution in [3.63, 3.8) is 0 Å². The van der Waals surface area contributed by atoms with Crippen molar-refractivity contribution >= 4 is 25.8 Å². The monoisotopic (exact) mass is 374 g/mol. The highest BCUT2D eigenvalue weighted by atomic mass is 79.9. The average molecular weight is 375 g/mol. The van der Waals surface area contributed by atoms with Crippen LogP contribution in [0.3, 0.4) is 0 Å². The van der Waals surface area contributed by atoms with Gasteiger partial charge in [-0.15, -0.1) is 0 Å². The van der Waals surface area contributed by atoms with Crippen molar-refractivity contribution in [1.29, 1.82) is 0 Å². The van der Waals surface area contributed by atoms with Crippen LogP contribution >= 0.6 is 15.9 Å². The number of halogens is 3. The van der Waals surface area contributed by atoms with Gasteiger partial charge in [0.25, 0.3) is 0 Å². The third-order valence-electron chi connectivity index (χ3n) is 3.06. The lowest BCUT2D eigenvalue weighted by molar-refractivity contribution is 0.234. The summed E-state index contributed by atoms with van der Waals surface area (Å²) in [7, 11) is -4.52. The Bertz CT molecular complexity index is 685. The second kappa shape index (κ2) is 6.66. The summed E-state index contributed by atoms with van der Waals surface area (Å²) < 4.78 is 47.5. The van der Waals surface area contributed by atoms with Gasteiger partial charge in [0.15, 0.2) is 0 Å². The lowest BCUT2D eigenvalue weighted by Gasteiger charge is -2.11. The van der Waals surface area contributed by atoms with E-state index in [1.807, 2.05) is 30.3 Å².